The number of ether oxygens (including phenoxy) is 1. The molecule has 0 bridgehead atoms. The van der Waals surface area contributed by atoms with Crippen LogP contribution in [0.25, 0.3) is 0 Å². The fourth-order valence-electron chi connectivity index (χ4n) is 1.18. The van der Waals surface area contributed by atoms with E-state index in [0.717, 1.165) is 0 Å². The van der Waals surface area contributed by atoms with Crippen LogP contribution >= 0.6 is 34.8 Å². The summed E-state index contributed by atoms with van der Waals surface area (Å²) in [5.74, 6) is -0.403. The number of carbonyl (C=O) groups is 1. The number of hydrazone groups is 1. The molecule has 8 heteroatoms. The van der Waals surface area contributed by atoms with Crippen molar-refractivity contribution in [3.05, 3.63) is 27.2 Å². The van der Waals surface area contributed by atoms with Crippen LogP contribution in [0.4, 0.5) is 5.69 Å². The zero-order chi connectivity index (χ0) is 14.4. The molecule has 0 fully saturated rings. The van der Waals surface area contributed by atoms with Gasteiger partial charge >= 0.3 is 5.97 Å². The van der Waals surface area contributed by atoms with E-state index in [0.29, 0.717) is 20.8 Å². The molecule has 0 aromatic heterocycles. The standard InChI is InChI=1S/C11H12Cl3N3O2/c1-2-19-10(18)5-9(15)16-17-11-7(13)3-6(12)4-8(11)14/h3-4,17H,2,5H2,1H3,(H2,15,16). The lowest BCUT2D eigenvalue weighted by molar-refractivity contribution is -0.141. The number of nitrogens with two attached hydrogens (primary N) is 1. The molecule has 0 spiro atoms. The first-order chi connectivity index (χ1) is 8.93. The third-order valence-corrected chi connectivity index (χ3v) is 2.76. The Morgan fingerprint density at radius 3 is 2.47 bits per heavy atom. The smallest absolute Gasteiger partial charge is 0.313 e. The topological polar surface area (TPSA) is 76.7 Å². The van der Waals surface area contributed by atoms with Gasteiger partial charge in [-0.2, -0.15) is 5.10 Å². The molecule has 0 aliphatic carbocycles. The highest BCUT2D eigenvalue weighted by Gasteiger charge is 2.08. The normalized spacial score (nSPS) is 11.3. The summed E-state index contributed by atoms with van der Waals surface area (Å²) in [6.45, 7) is 1.99. The Morgan fingerprint density at radius 1 is 1.37 bits per heavy atom. The van der Waals surface area contributed by atoms with Crippen LogP contribution in [0.15, 0.2) is 17.2 Å². The zero-order valence-electron chi connectivity index (χ0n) is 10.0. The molecule has 3 N–H and O–H groups in total. The summed E-state index contributed by atoms with van der Waals surface area (Å²) >= 11 is 17.7. The minimum absolute atomic E-state index is 0.0560. The molecular weight excluding hydrogens is 312 g/mol. The Kier molecular flexibility index (Phi) is 6.21. The summed E-state index contributed by atoms with van der Waals surface area (Å²) in [6, 6.07) is 3.02. The van der Waals surface area contributed by atoms with Crippen LogP contribution in [0.3, 0.4) is 0 Å². The maximum atomic E-state index is 11.2. The van der Waals surface area contributed by atoms with Crippen LogP contribution in [0.5, 0.6) is 0 Å². The van der Waals surface area contributed by atoms with E-state index in [4.69, 9.17) is 45.3 Å². The van der Waals surface area contributed by atoms with Gasteiger partial charge < -0.3 is 10.5 Å². The average molecular weight is 325 g/mol. The van der Waals surface area contributed by atoms with Gasteiger partial charge in [-0.3, -0.25) is 10.2 Å². The van der Waals surface area contributed by atoms with Crippen molar-refractivity contribution in [2.45, 2.75) is 13.3 Å². The number of hydrogen-bond acceptors (Lipinski definition) is 4. The molecule has 0 saturated carbocycles. The third kappa shape index (κ3) is 5.14. The number of anilines is 1. The van der Waals surface area contributed by atoms with Gasteiger partial charge in [-0.1, -0.05) is 34.8 Å². The maximum Gasteiger partial charge on any atom is 0.313 e. The number of esters is 1. The highest BCUT2D eigenvalue weighted by atomic mass is 35.5. The lowest BCUT2D eigenvalue weighted by atomic mass is 10.3. The average Bonchev–Trinajstić information content (AvgIpc) is 2.27. The molecular formula is C11H12Cl3N3O2. The second-order valence-corrected chi connectivity index (χ2v) is 4.69. The first kappa shape index (κ1) is 15.9. The summed E-state index contributed by atoms with van der Waals surface area (Å²) in [6.07, 6.45) is -0.121. The van der Waals surface area contributed by atoms with Crippen LogP contribution in [0, 0.1) is 0 Å². The van der Waals surface area contributed by atoms with Gasteiger partial charge in [0.05, 0.1) is 22.3 Å². The largest absolute Gasteiger partial charge is 0.466 e. The predicted molar refractivity (Wildman–Crippen MR) is 78.0 cm³/mol. The molecule has 5 nitrogen and oxygen atoms in total. The molecule has 19 heavy (non-hydrogen) atoms. The van der Waals surface area contributed by atoms with E-state index >= 15 is 0 Å². The van der Waals surface area contributed by atoms with Crippen molar-refractivity contribution in [3.8, 4) is 0 Å². The number of amidine groups is 1. The van der Waals surface area contributed by atoms with Gasteiger partial charge in [-0.05, 0) is 19.1 Å². The molecule has 0 unspecified atom stereocenters. The van der Waals surface area contributed by atoms with Crippen molar-refractivity contribution >= 4 is 52.3 Å². The molecule has 0 radical (unpaired) electrons. The van der Waals surface area contributed by atoms with Crippen molar-refractivity contribution in [1.29, 1.82) is 0 Å². The van der Waals surface area contributed by atoms with E-state index < -0.39 is 5.97 Å². The Morgan fingerprint density at radius 2 is 1.95 bits per heavy atom. The van der Waals surface area contributed by atoms with E-state index in [1.165, 1.54) is 12.1 Å². The third-order valence-electron chi connectivity index (χ3n) is 1.95. The van der Waals surface area contributed by atoms with Gasteiger partial charge in [0.25, 0.3) is 0 Å². The van der Waals surface area contributed by atoms with Crippen molar-refractivity contribution < 1.29 is 9.53 Å². The number of halogens is 3. The summed E-state index contributed by atoms with van der Waals surface area (Å²) in [5.41, 5.74) is 8.51. The second-order valence-electron chi connectivity index (χ2n) is 3.44. The Bertz CT molecular complexity index is 483. The summed E-state index contributed by atoms with van der Waals surface area (Å²) < 4.78 is 4.73. The van der Waals surface area contributed by atoms with Gasteiger partial charge in [0, 0.05) is 5.02 Å². The lowest BCUT2D eigenvalue weighted by Crippen LogP contribution is -2.20. The van der Waals surface area contributed by atoms with Gasteiger partial charge in [0.15, 0.2) is 0 Å². The predicted octanol–water partition coefficient (Wildman–Crippen LogP) is 3.28. The first-order valence-electron chi connectivity index (χ1n) is 5.32. The minimum Gasteiger partial charge on any atom is -0.466 e. The maximum absolute atomic E-state index is 11.2. The number of hydrogen-bond donors (Lipinski definition) is 2. The van der Waals surface area contributed by atoms with Crippen LogP contribution < -0.4 is 11.2 Å². The van der Waals surface area contributed by atoms with Crippen LogP contribution in [-0.4, -0.2) is 18.4 Å². The van der Waals surface area contributed by atoms with Crippen LogP contribution in [0.2, 0.25) is 15.1 Å². The quantitative estimate of drug-likeness (QED) is 0.377. The Balaban J connectivity index is 2.73. The highest BCUT2D eigenvalue weighted by molar-refractivity contribution is 6.41. The van der Waals surface area contributed by atoms with Crippen molar-refractivity contribution in [1.82, 2.24) is 0 Å². The molecule has 0 atom stereocenters. The summed E-state index contributed by atoms with van der Waals surface area (Å²) in [4.78, 5) is 11.2. The van der Waals surface area contributed by atoms with Gasteiger partial charge in [0.1, 0.15) is 12.3 Å². The highest BCUT2D eigenvalue weighted by Crippen LogP contribution is 2.33. The number of benzene rings is 1. The molecule has 0 aliphatic heterocycles. The zero-order valence-corrected chi connectivity index (χ0v) is 12.3. The summed E-state index contributed by atoms with van der Waals surface area (Å²) in [5, 5.41) is 4.80. The van der Waals surface area contributed by atoms with Gasteiger partial charge in [-0.25, -0.2) is 0 Å². The summed E-state index contributed by atoms with van der Waals surface area (Å²) in [7, 11) is 0. The molecule has 0 amide bonds. The van der Waals surface area contributed by atoms with E-state index in [1.54, 1.807) is 6.92 Å². The fraction of sp³-hybridized carbons (Fsp3) is 0.273. The van der Waals surface area contributed by atoms with E-state index in [2.05, 4.69) is 10.5 Å². The monoisotopic (exact) mass is 323 g/mol. The number of nitrogens with one attached hydrogen (secondary N) is 1. The Labute approximate surface area is 125 Å². The molecule has 104 valence electrons. The lowest BCUT2D eigenvalue weighted by Gasteiger charge is -2.07. The van der Waals surface area contributed by atoms with Crippen LogP contribution in [0.1, 0.15) is 13.3 Å². The molecule has 0 saturated heterocycles. The van der Waals surface area contributed by atoms with E-state index in [1.807, 2.05) is 0 Å². The minimum atomic E-state index is -0.459. The number of carbonyl (C=O) groups excluding carboxylic acids is 1. The first-order valence-corrected chi connectivity index (χ1v) is 6.45. The van der Waals surface area contributed by atoms with Crippen LogP contribution in [-0.2, 0) is 9.53 Å². The Hall–Kier alpha value is -1.17. The van der Waals surface area contributed by atoms with Gasteiger partial charge in [0.2, 0.25) is 0 Å². The van der Waals surface area contributed by atoms with Crippen molar-refractivity contribution in [3.63, 3.8) is 0 Å². The molecule has 0 aliphatic rings. The van der Waals surface area contributed by atoms with Gasteiger partial charge in [-0.15, -0.1) is 0 Å². The number of rotatable bonds is 5. The van der Waals surface area contributed by atoms with Crippen molar-refractivity contribution in [2.24, 2.45) is 10.8 Å². The number of nitrogens with zero attached hydrogens (tertiary/aromatic N) is 1. The molecule has 0 heterocycles. The molecule has 1 rings (SSSR count). The van der Waals surface area contributed by atoms with E-state index in [9.17, 15) is 4.79 Å². The molecule has 1 aromatic rings. The second kappa shape index (κ2) is 7.43. The van der Waals surface area contributed by atoms with Crippen molar-refractivity contribution in [2.75, 3.05) is 12.0 Å². The fourth-order valence-corrected chi connectivity index (χ4v) is 2.08. The van der Waals surface area contributed by atoms with E-state index in [-0.39, 0.29) is 18.9 Å². The SMILES string of the molecule is CCOC(=O)C/C(N)=N/Nc1c(Cl)cc(Cl)cc1Cl. The molecule has 1 aromatic carbocycles.